The van der Waals surface area contributed by atoms with Gasteiger partial charge in [0.2, 0.25) is 0 Å². The first-order chi connectivity index (χ1) is 4.84. The Labute approximate surface area is 59.6 Å². The average Bonchev–Trinajstić information content (AvgIpc) is 2.40. The van der Waals surface area contributed by atoms with Gasteiger partial charge in [-0.05, 0) is 18.3 Å². The first-order valence-electron chi connectivity index (χ1n) is 4.02. The normalized spacial score (nSPS) is 56.6. The highest BCUT2D eigenvalue weighted by atomic mass is 16.6. The standard InChI is InChI=1S/C8H10O2/c9-5-1-4-2-7-8(10-7)6(4)3-5/h4,6-8H,1-3H2/t4-,6-,7+,8-/m1/s1. The lowest BCUT2D eigenvalue weighted by atomic mass is 10.00. The summed E-state index contributed by atoms with van der Waals surface area (Å²) in [6.45, 7) is 0. The van der Waals surface area contributed by atoms with E-state index in [9.17, 15) is 4.79 Å². The Bertz CT molecular complexity index is 199. The van der Waals surface area contributed by atoms with Crippen LogP contribution in [0.5, 0.6) is 0 Å². The van der Waals surface area contributed by atoms with Crippen LogP contribution in [0.1, 0.15) is 19.3 Å². The molecule has 0 N–H and O–H groups in total. The van der Waals surface area contributed by atoms with Gasteiger partial charge in [0.05, 0.1) is 12.2 Å². The molecule has 0 radical (unpaired) electrons. The predicted molar refractivity (Wildman–Crippen MR) is 34.5 cm³/mol. The molecule has 3 fully saturated rings. The van der Waals surface area contributed by atoms with Crippen LogP contribution in [0.3, 0.4) is 0 Å². The van der Waals surface area contributed by atoms with Gasteiger partial charge in [-0.1, -0.05) is 0 Å². The summed E-state index contributed by atoms with van der Waals surface area (Å²) in [6, 6.07) is 0. The molecule has 2 aliphatic carbocycles. The van der Waals surface area contributed by atoms with Gasteiger partial charge in [-0.2, -0.15) is 0 Å². The van der Waals surface area contributed by atoms with Crippen molar-refractivity contribution in [2.24, 2.45) is 11.8 Å². The highest BCUT2D eigenvalue weighted by Gasteiger charge is 2.58. The molecule has 0 aromatic heterocycles. The molecule has 0 amide bonds. The highest BCUT2D eigenvalue weighted by Crippen LogP contribution is 2.52. The smallest absolute Gasteiger partial charge is 0.133 e. The topological polar surface area (TPSA) is 29.6 Å². The maximum Gasteiger partial charge on any atom is 0.133 e. The van der Waals surface area contributed by atoms with E-state index < -0.39 is 0 Å². The summed E-state index contributed by atoms with van der Waals surface area (Å²) in [5.74, 6) is 1.79. The Morgan fingerprint density at radius 2 is 2.30 bits per heavy atom. The number of ketones is 1. The van der Waals surface area contributed by atoms with Crippen LogP contribution in [0.2, 0.25) is 0 Å². The van der Waals surface area contributed by atoms with Crippen molar-refractivity contribution in [3.63, 3.8) is 0 Å². The number of carbonyl (C=O) groups excluding carboxylic acids is 1. The second-order valence-corrected chi connectivity index (χ2v) is 3.75. The number of rotatable bonds is 0. The van der Waals surface area contributed by atoms with Crippen molar-refractivity contribution in [3.8, 4) is 0 Å². The largest absolute Gasteiger partial charge is 0.369 e. The molecule has 3 rings (SSSR count). The first kappa shape index (κ1) is 5.30. The second-order valence-electron chi connectivity index (χ2n) is 3.75. The third-order valence-corrected chi connectivity index (χ3v) is 3.14. The van der Waals surface area contributed by atoms with Gasteiger partial charge in [-0.15, -0.1) is 0 Å². The average molecular weight is 138 g/mol. The maximum atomic E-state index is 11.0. The molecule has 3 aliphatic rings. The molecular weight excluding hydrogens is 128 g/mol. The van der Waals surface area contributed by atoms with Gasteiger partial charge in [0.15, 0.2) is 0 Å². The zero-order chi connectivity index (χ0) is 6.72. The Hall–Kier alpha value is -0.370. The third-order valence-electron chi connectivity index (χ3n) is 3.14. The zero-order valence-corrected chi connectivity index (χ0v) is 5.75. The van der Waals surface area contributed by atoms with Gasteiger partial charge in [0, 0.05) is 12.8 Å². The number of fused-ring (bicyclic) bond motifs is 3. The highest BCUT2D eigenvalue weighted by molar-refractivity contribution is 5.81. The molecule has 10 heavy (non-hydrogen) atoms. The fourth-order valence-electron chi connectivity index (χ4n) is 2.62. The molecule has 0 aromatic carbocycles. The molecule has 0 bridgehead atoms. The first-order valence-corrected chi connectivity index (χ1v) is 4.02. The van der Waals surface area contributed by atoms with Crippen molar-refractivity contribution >= 4 is 5.78 Å². The van der Waals surface area contributed by atoms with Crippen molar-refractivity contribution in [1.29, 1.82) is 0 Å². The Morgan fingerprint density at radius 3 is 3.10 bits per heavy atom. The summed E-state index contributed by atoms with van der Waals surface area (Å²) >= 11 is 0. The van der Waals surface area contributed by atoms with E-state index >= 15 is 0 Å². The van der Waals surface area contributed by atoms with E-state index in [1.807, 2.05) is 0 Å². The van der Waals surface area contributed by atoms with Gasteiger partial charge in [0.1, 0.15) is 5.78 Å². The van der Waals surface area contributed by atoms with E-state index in [0.29, 0.717) is 29.8 Å². The van der Waals surface area contributed by atoms with Crippen LogP contribution in [-0.2, 0) is 9.53 Å². The quantitative estimate of drug-likeness (QED) is 0.462. The van der Waals surface area contributed by atoms with Gasteiger partial charge in [0.25, 0.3) is 0 Å². The second kappa shape index (κ2) is 1.45. The summed E-state index contributed by atoms with van der Waals surface area (Å²) in [7, 11) is 0. The summed E-state index contributed by atoms with van der Waals surface area (Å²) in [4.78, 5) is 11.0. The summed E-state index contributed by atoms with van der Waals surface area (Å²) in [5, 5.41) is 0. The van der Waals surface area contributed by atoms with E-state index in [1.165, 1.54) is 6.42 Å². The molecule has 54 valence electrons. The fourth-order valence-corrected chi connectivity index (χ4v) is 2.62. The molecule has 0 unspecified atom stereocenters. The fraction of sp³-hybridized carbons (Fsp3) is 0.875. The number of epoxide rings is 1. The van der Waals surface area contributed by atoms with Gasteiger partial charge in [-0.25, -0.2) is 0 Å². The Kier molecular flexibility index (Phi) is 0.768. The van der Waals surface area contributed by atoms with Crippen molar-refractivity contribution < 1.29 is 9.53 Å². The number of carbonyl (C=O) groups is 1. The minimum Gasteiger partial charge on any atom is -0.369 e. The van der Waals surface area contributed by atoms with Crippen LogP contribution >= 0.6 is 0 Å². The van der Waals surface area contributed by atoms with E-state index in [1.54, 1.807) is 0 Å². The van der Waals surface area contributed by atoms with Crippen LogP contribution in [-0.4, -0.2) is 18.0 Å². The monoisotopic (exact) mass is 138 g/mol. The van der Waals surface area contributed by atoms with Gasteiger partial charge in [-0.3, -0.25) is 4.79 Å². The predicted octanol–water partition coefficient (Wildman–Crippen LogP) is 0.753. The summed E-state index contributed by atoms with van der Waals surface area (Å²) in [5.41, 5.74) is 0. The van der Waals surface area contributed by atoms with E-state index in [0.717, 1.165) is 12.8 Å². The van der Waals surface area contributed by atoms with Crippen molar-refractivity contribution in [3.05, 3.63) is 0 Å². The minimum atomic E-state index is 0.462. The molecule has 2 heteroatoms. The van der Waals surface area contributed by atoms with Crippen molar-refractivity contribution in [2.75, 3.05) is 0 Å². The lowest BCUT2D eigenvalue weighted by Crippen LogP contribution is -2.06. The molecule has 2 nitrogen and oxygen atoms in total. The lowest BCUT2D eigenvalue weighted by molar-refractivity contribution is -0.117. The summed E-state index contributed by atoms with van der Waals surface area (Å²) in [6.07, 6.45) is 3.88. The zero-order valence-electron chi connectivity index (χ0n) is 5.75. The minimum absolute atomic E-state index is 0.462. The molecule has 1 heterocycles. The molecular formula is C8H10O2. The van der Waals surface area contributed by atoms with Gasteiger partial charge < -0.3 is 4.74 Å². The Morgan fingerprint density at radius 1 is 1.40 bits per heavy atom. The van der Waals surface area contributed by atoms with Crippen LogP contribution in [0.25, 0.3) is 0 Å². The number of ether oxygens (including phenoxy) is 1. The third kappa shape index (κ3) is 0.511. The molecule has 4 atom stereocenters. The van der Waals surface area contributed by atoms with Crippen LogP contribution in [0, 0.1) is 11.8 Å². The van der Waals surface area contributed by atoms with Crippen LogP contribution in [0.15, 0.2) is 0 Å². The molecule has 0 aromatic rings. The van der Waals surface area contributed by atoms with E-state index in [-0.39, 0.29) is 0 Å². The molecule has 0 spiro atoms. The van der Waals surface area contributed by atoms with E-state index in [2.05, 4.69) is 0 Å². The van der Waals surface area contributed by atoms with Crippen LogP contribution in [0.4, 0.5) is 0 Å². The maximum absolute atomic E-state index is 11.0. The van der Waals surface area contributed by atoms with Crippen molar-refractivity contribution in [1.82, 2.24) is 0 Å². The number of Topliss-reactive ketones (excluding diaryl/α,β-unsaturated/α-hetero) is 1. The summed E-state index contributed by atoms with van der Waals surface area (Å²) < 4.78 is 5.36. The van der Waals surface area contributed by atoms with Crippen LogP contribution < -0.4 is 0 Å². The lowest BCUT2D eigenvalue weighted by Gasteiger charge is -2.08. The molecule has 1 aliphatic heterocycles. The Balaban J connectivity index is 1.88. The SMILES string of the molecule is O=C1C[C@@H]2C[C@@H]3O[C@@H]3[C@@H]2C1. The number of hydrogen-bond acceptors (Lipinski definition) is 2. The molecule has 2 saturated carbocycles. The van der Waals surface area contributed by atoms with E-state index in [4.69, 9.17) is 4.74 Å². The van der Waals surface area contributed by atoms with Gasteiger partial charge >= 0.3 is 0 Å². The molecule has 1 saturated heterocycles. The van der Waals surface area contributed by atoms with Crippen molar-refractivity contribution in [2.45, 2.75) is 31.5 Å². The number of hydrogen-bond donors (Lipinski definition) is 0.